The van der Waals surface area contributed by atoms with Crippen LogP contribution in [-0.4, -0.2) is 33.9 Å². The SMILES string of the molecule is Cc1cc(-c2ccc(N)nc2)cc([C@H]2CCN(C(=O)CCc3cccc(Cl)c3)C2)n1. The van der Waals surface area contributed by atoms with Gasteiger partial charge in [-0.2, -0.15) is 0 Å². The van der Waals surface area contributed by atoms with Crippen molar-refractivity contribution in [3.8, 4) is 11.1 Å². The van der Waals surface area contributed by atoms with Crippen molar-refractivity contribution >= 4 is 23.3 Å². The minimum Gasteiger partial charge on any atom is -0.384 e. The molecule has 4 rings (SSSR count). The molecule has 1 aromatic carbocycles. The molecule has 0 aliphatic carbocycles. The molecule has 2 N–H and O–H groups in total. The molecule has 6 heteroatoms. The fourth-order valence-corrected chi connectivity index (χ4v) is 4.19. The van der Waals surface area contributed by atoms with Crippen LogP contribution in [0.2, 0.25) is 5.02 Å². The van der Waals surface area contributed by atoms with E-state index in [2.05, 4.69) is 17.1 Å². The number of anilines is 1. The summed E-state index contributed by atoms with van der Waals surface area (Å²) in [4.78, 5) is 23.6. The van der Waals surface area contributed by atoms with E-state index < -0.39 is 0 Å². The quantitative estimate of drug-likeness (QED) is 0.652. The fraction of sp³-hybridized carbons (Fsp3) is 0.292. The van der Waals surface area contributed by atoms with Crippen molar-refractivity contribution < 1.29 is 4.79 Å². The van der Waals surface area contributed by atoms with E-state index in [0.717, 1.165) is 41.0 Å². The van der Waals surface area contributed by atoms with Gasteiger partial charge in [-0.15, -0.1) is 0 Å². The number of hydrogen-bond acceptors (Lipinski definition) is 4. The summed E-state index contributed by atoms with van der Waals surface area (Å²) in [5, 5.41) is 0.707. The van der Waals surface area contributed by atoms with Crippen LogP contribution in [0.3, 0.4) is 0 Å². The third-order valence-electron chi connectivity index (χ3n) is 5.57. The number of rotatable bonds is 5. The molecule has 1 aliphatic rings. The first-order valence-electron chi connectivity index (χ1n) is 10.2. The van der Waals surface area contributed by atoms with E-state index >= 15 is 0 Å². The highest BCUT2D eigenvalue weighted by atomic mass is 35.5. The third-order valence-corrected chi connectivity index (χ3v) is 5.80. The number of carbonyl (C=O) groups is 1. The van der Waals surface area contributed by atoms with Gasteiger partial charge in [-0.05, 0) is 67.3 Å². The van der Waals surface area contributed by atoms with Gasteiger partial charge in [-0.25, -0.2) is 4.98 Å². The minimum atomic E-state index is 0.188. The number of nitrogens with two attached hydrogens (primary N) is 1. The number of carbonyl (C=O) groups excluding carboxylic acids is 1. The molecule has 1 amide bonds. The van der Waals surface area contributed by atoms with Gasteiger partial charge in [0, 0.05) is 53.6 Å². The summed E-state index contributed by atoms with van der Waals surface area (Å²) in [6.07, 6.45) is 3.92. The Labute approximate surface area is 181 Å². The number of halogens is 1. The van der Waals surface area contributed by atoms with Gasteiger partial charge in [0.15, 0.2) is 0 Å². The predicted molar refractivity (Wildman–Crippen MR) is 120 cm³/mol. The van der Waals surface area contributed by atoms with E-state index in [1.54, 1.807) is 12.3 Å². The van der Waals surface area contributed by atoms with Gasteiger partial charge in [0.2, 0.25) is 5.91 Å². The lowest BCUT2D eigenvalue weighted by Crippen LogP contribution is -2.28. The maximum absolute atomic E-state index is 12.7. The number of pyridine rings is 2. The Morgan fingerprint density at radius 1 is 1.20 bits per heavy atom. The first-order chi connectivity index (χ1) is 14.5. The zero-order valence-corrected chi connectivity index (χ0v) is 17.8. The Kier molecular flexibility index (Phi) is 6.00. The maximum atomic E-state index is 12.7. The minimum absolute atomic E-state index is 0.188. The number of amides is 1. The Bertz CT molecular complexity index is 1050. The summed E-state index contributed by atoms with van der Waals surface area (Å²) in [5.41, 5.74) is 10.9. The Hall–Kier alpha value is -2.92. The van der Waals surface area contributed by atoms with Gasteiger partial charge >= 0.3 is 0 Å². The maximum Gasteiger partial charge on any atom is 0.222 e. The van der Waals surface area contributed by atoms with Gasteiger partial charge in [0.1, 0.15) is 5.82 Å². The van der Waals surface area contributed by atoms with Crippen LogP contribution in [0, 0.1) is 6.92 Å². The highest BCUT2D eigenvalue weighted by Gasteiger charge is 2.28. The van der Waals surface area contributed by atoms with Crippen molar-refractivity contribution in [1.82, 2.24) is 14.9 Å². The summed E-state index contributed by atoms with van der Waals surface area (Å²) in [5.74, 6) is 0.945. The summed E-state index contributed by atoms with van der Waals surface area (Å²) in [6.45, 7) is 3.48. The largest absolute Gasteiger partial charge is 0.384 e. The van der Waals surface area contributed by atoms with Crippen molar-refractivity contribution in [3.05, 3.63) is 76.7 Å². The average molecular weight is 421 g/mol. The van der Waals surface area contributed by atoms with Gasteiger partial charge in [0.25, 0.3) is 0 Å². The second-order valence-corrected chi connectivity index (χ2v) is 8.29. The van der Waals surface area contributed by atoms with Crippen LogP contribution in [0.5, 0.6) is 0 Å². The lowest BCUT2D eigenvalue weighted by Gasteiger charge is -2.17. The molecule has 0 saturated carbocycles. The summed E-state index contributed by atoms with van der Waals surface area (Å²) in [7, 11) is 0. The van der Waals surface area contributed by atoms with E-state index in [9.17, 15) is 4.79 Å². The highest BCUT2D eigenvalue weighted by Crippen LogP contribution is 2.30. The lowest BCUT2D eigenvalue weighted by atomic mass is 9.99. The predicted octanol–water partition coefficient (Wildman–Crippen LogP) is 4.64. The molecule has 1 saturated heterocycles. The van der Waals surface area contributed by atoms with Crippen LogP contribution in [-0.2, 0) is 11.2 Å². The fourth-order valence-electron chi connectivity index (χ4n) is 3.98. The van der Waals surface area contributed by atoms with Crippen molar-refractivity contribution in [1.29, 1.82) is 0 Å². The summed E-state index contributed by atoms with van der Waals surface area (Å²) >= 11 is 6.04. The summed E-state index contributed by atoms with van der Waals surface area (Å²) in [6, 6.07) is 15.7. The van der Waals surface area contributed by atoms with Crippen LogP contribution >= 0.6 is 11.6 Å². The van der Waals surface area contributed by atoms with Crippen molar-refractivity contribution in [3.63, 3.8) is 0 Å². The van der Waals surface area contributed by atoms with Gasteiger partial charge in [-0.1, -0.05) is 23.7 Å². The molecular formula is C24H25ClN4O. The van der Waals surface area contributed by atoms with Gasteiger partial charge in [-0.3, -0.25) is 9.78 Å². The molecule has 30 heavy (non-hydrogen) atoms. The van der Waals surface area contributed by atoms with Crippen molar-refractivity contribution in [2.45, 2.75) is 32.1 Å². The van der Waals surface area contributed by atoms with E-state index in [1.165, 1.54) is 0 Å². The highest BCUT2D eigenvalue weighted by molar-refractivity contribution is 6.30. The molecule has 0 radical (unpaired) electrons. The molecule has 0 unspecified atom stereocenters. The lowest BCUT2D eigenvalue weighted by molar-refractivity contribution is -0.130. The Balaban J connectivity index is 1.42. The van der Waals surface area contributed by atoms with E-state index in [-0.39, 0.29) is 11.8 Å². The molecule has 0 spiro atoms. The van der Waals surface area contributed by atoms with Crippen molar-refractivity contribution in [2.24, 2.45) is 0 Å². The van der Waals surface area contributed by atoms with E-state index in [0.29, 0.717) is 30.2 Å². The van der Waals surface area contributed by atoms with Crippen LogP contribution in [0.1, 0.15) is 35.7 Å². The number of aromatic nitrogens is 2. The smallest absolute Gasteiger partial charge is 0.222 e. The first-order valence-corrected chi connectivity index (χ1v) is 10.6. The molecule has 1 aliphatic heterocycles. The molecular weight excluding hydrogens is 396 g/mol. The molecule has 1 atom stereocenters. The molecule has 2 aromatic heterocycles. The number of likely N-dealkylation sites (tertiary alicyclic amines) is 1. The van der Waals surface area contributed by atoms with E-state index in [4.69, 9.17) is 22.3 Å². The number of benzene rings is 1. The van der Waals surface area contributed by atoms with Crippen LogP contribution < -0.4 is 5.73 Å². The van der Waals surface area contributed by atoms with Crippen molar-refractivity contribution in [2.75, 3.05) is 18.8 Å². The average Bonchev–Trinajstić information content (AvgIpc) is 3.23. The Morgan fingerprint density at radius 3 is 2.83 bits per heavy atom. The molecule has 0 bridgehead atoms. The molecule has 3 aromatic rings. The zero-order valence-electron chi connectivity index (χ0n) is 17.0. The second kappa shape index (κ2) is 8.84. The molecule has 3 heterocycles. The first kappa shape index (κ1) is 20.4. The molecule has 5 nitrogen and oxygen atoms in total. The number of hydrogen-bond donors (Lipinski definition) is 1. The van der Waals surface area contributed by atoms with Crippen LogP contribution in [0.4, 0.5) is 5.82 Å². The zero-order chi connectivity index (χ0) is 21.1. The Morgan fingerprint density at radius 2 is 2.07 bits per heavy atom. The number of nitrogens with zero attached hydrogens (tertiary/aromatic N) is 3. The third kappa shape index (κ3) is 4.79. The normalized spacial score (nSPS) is 16.1. The second-order valence-electron chi connectivity index (χ2n) is 7.85. The topological polar surface area (TPSA) is 72.1 Å². The number of aryl methyl sites for hydroxylation is 2. The standard InChI is InChI=1S/C24H25ClN4O/c1-16-11-20(18-6-7-23(26)27-14-18)13-22(28-16)19-9-10-29(15-19)24(30)8-5-17-3-2-4-21(25)12-17/h2-4,6-7,11-14,19H,5,8-10,15H2,1H3,(H2,26,27)/t19-/m0/s1. The van der Waals surface area contributed by atoms with Crippen LogP contribution in [0.25, 0.3) is 11.1 Å². The van der Waals surface area contributed by atoms with Gasteiger partial charge < -0.3 is 10.6 Å². The van der Waals surface area contributed by atoms with Gasteiger partial charge in [0.05, 0.1) is 0 Å². The molecule has 1 fully saturated rings. The molecule has 154 valence electrons. The number of nitrogen functional groups attached to an aromatic ring is 1. The monoisotopic (exact) mass is 420 g/mol. The van der Waals surface area contributed by atoms with E-state index in [1.807, 2.05) is 42.2 Å². The summed E-state index contributed by atoms with van der Waals surface area (Å²) < 4.78 is 0. The van der Waals surface area contributed by atoms with Crippen LogP contribution in [0.15, 0.2) is 54.7 Å².